The van der Waals surface area contributed by atoms with Crippen LogP contribution in [-0.2, 0) is 11.3 Å². The lowest BCUT2D eigenvalue weighted by Crippen LogP contribution is -2.39. The summed E-state index contributed by atoms with van der Waals surface area (Å²) in [6.45, 7) is 6.25. The number of furan rings is 1. The molecule has 1 aliphatic heterocycles. The number of phenolic OH excluding ortho intramolecular Hbond substituents is 1. The molecule has 0 spiro atoms. The van der Waals surface area contributed by atoms with Gasteiger partial charge in [-0.3, -0.25) is 9.69 Å². The molecule has 4 rings (SSSR count). The molecular weight excluding hydrogens is 404 g/mol. The molecule has 2 aromatic heterocycles. The van der Waals surface area contributed by atoms with Crippen LogP contribution in [0.2, 0.25) is 0 Å². The number of piperidine rings is 1. The van der Waals surface area contributed by atoms with Crippen molar-refractivity contribution in [2.75, 3.05) is 25.0 Å². The molecule has 1 saturated heterocycles. The first-order valence-electron chi connectivity index (χ1n) is 10.9. The van der Waals surface area contributed by atoms with E-state index in [4.69, 9.17) is 4.42 Å². The van der Waals surface area contributed by atoms with Crippen LogP contribution in [0.5, 0.6) is 5.75 Å². The number of hydrogen-bond donors (Lipinski definition) is 2. The molecule has 166 valence electrons. The van der Waals surface area contributed by atoms with E-state index in [1.807, 2.05) is 42.7 Å². The Labute approximate surface area is 187 Å². The Balaban J connectivity index is 1.41. The van der Waals surface area contributed by atoms with Crippen molar-refractivity contribution in [2.24, 2.45) is 0 Å². The van der Waals surface area contributed by atoms with Crippen LogP contribution < -0.4 is 5.32 Å². The van der Waals surface area contributed by atoms with Gasteiger partial charge in [-0.25, -0.2) is 0 Å². The van der Waals surface area contributed by atoms with Gasteiger partial charge in [0, 0.05) is 5.69 Å². The van der Waals surface area contributed by atoms with Crippen LogP contribution in [0.4, 0.5) is 5.82 Å². The number of anilines is 1. The summed E-state index contributed by atoms with van der Waals surface area (Å²) in [6, 6.07) is 13.4. The maximum Gasteiger partial charge on any atom is 0.239 e. The lowest BCUT2D eigenvalue weighted by molar-refractivity contribution is -0.117. The zero-order chi connectivity index (χ0) is 22.7. The fourth-order valence-electron chi connectivity index (χ4n) is 4.43. The fourth-order valence-corrected chi connectivity index (χ4v) is 4.43. The third kappa shape index (κ3) is 4.56. The van der Waals surface area contributed by atoms with E-state index in [1.165, 1.54) is 5.56 Å². The van der Waals surface area contributed by atoms with Crippen LogP contribution in [0.1, 0.15) is 46.9 Å². The van der Waals surface area contributed by atoms with Crippen molar-refractivity contribution in [1.82, 2.24) is 9.47 Å². The molecule has 0 aliphatic carbocycles. The Morgan fingerprint density at radius 1 is 1.22 bits per heavy atom. The van der Waals surface area contributed by atoms with E-state index in [0.29, 0.717) is 23.8 Å². The average molecular weight is 433 g/mol. The average Bonchev–Trinajstić information content (AvgIpc) is 3.38. The van der Waals surface area contributed by atoms with E-state index in [1.54, 1.807) is 18.4 Å². The zero-order valence-corrected chi connectivity index (χ0v) is 18.5. The molecule has 0 unspecified atom stereocenters. The number of nitriles is 1. The molecule has 1 amide bonds. The molecule has 1 aliphatic rings. The summed E-state index contributed by atoms with van der Waals surface area (Å²) < 4.78 is 7.40. The number of nitrogens with one attached hydrogen (secondary N) is 1. The molecule has 3 heterocycles. The van der Waals surface area contributed by atoms with E-state index in [2.05, 4.69) is 16.3 Å². The molecule has 1 aromatic carbocycles. The van der Waals surface area contributed by atoms with E-state index in [9.17, 15) is 15.2 Å². The molecular formula is C25H28N4O3. The largest absolute Gasteiger partial charge is 0.508 e. The van der Waals surface area contributed by atoms with Crippen molar-refractivity contribution in [3.63, 3.8) is 0 Å². The number of carbonyl (C=O) groups excluding carboxylic acids is 1. The van der Waals surface area contributed by atoms with Crippen molar-refractivity contribution in [2.45, 2.75) is 39.2 Å². The number of phenols is 1. The zero-order valence-electron chi connectivity index (χ0n) is 18.5. The minimum Gasteiger partial charge on any atom is -0.508 e. The molecule has 32 heavy (non-hydrogen) atoms. The van der Waals surface area contributed by atoms with Gasteiger partial charge in [0.05, 0.1) is 24.9 Å². The number of benzene rings is 1. The van der Waals surface area contributed by atoms with Gasteiger partial charge in [-0.05, 0) is 81.1 Å². The highest BCUT2D eigenvalue weighted by atomic mass is 16.3. The van der Waals surface area contributed by atoms with E-state index >= 15 is 0 Å². The van der Waals surface area contributed by atoms with E-state index < -0.39 is 0 Å². The van der Waals surface area contributed by atoms with Gasteiger partial charge in [0.15, 0.2) is 0 Å². The summed E-state index contributed by atoms with van der Waals surface area (Å²) in [5, 5.41) is 22.2. The number of likely N-dealkylation sites (tertiary alicyclic amines) is 1. The van der Waals surface area contributed by atoms with Gasteiger partial charge in [-0.2, -0.15) is 5.26 Å². The summed E-state index contributed by atoms with van der Waals surface area (Å²) in [4.78, 5) is 15.0. The minimum absolute atomic E-state index is 0.122. The normalized spacial score (nSPS) is 14.9. The first kappa shape index (κ1) is 21.7. The maximum atomic E-state index is 12.9. The summed E-state index contributed by atoms with van der Waals surface area (Å²) in [6.07, 6.45) is 3.55. The van der Waals surface area contributed by atoms with Gasteiger partial charge in [-0.15, -0.1) is 0 Å². The van der Waals surface area contributed by atoms with Gasteiger partial charge in [0.1, 0.15) is 23.4 Å². The molecule has 0 saturated carbocycles. The number of carbonyl (C=O) groups is 1. The predicted octanol–water partition coefficient (Wildman–Crippen LogP) is 4.14. The molecule has 7 nitrogen and oxygen atoms in total. The lowest BCUT2D eigenvalue weighted by Gasteiger charge is -2.31. The quantitative estimate of drug-likeness (QED) is 0.610. The SMILES string of the molecule is Cc1c(C#N)c(NC(=O)CN2CCC(c3ccc(O)cc3)CC2)n(Cc2ccco2)c1C. The summed E-state index contributed by atoms with van der Waals surface area (Å²) in [5.41, 5.74) is 3.52. The highest BCUT2D eigenvalue weighted by Gasteiger charge is 2.24. The topological polar surface area (TPSA) is 94.4 Å². The second kappa shape index (κ2) is 9.33. The molecule has 0 bridgehead atoms. The third-order valence-corrected chi connectivity index (χ3v) is 6.41. The van der Waals surface area contributed by atoms with Crippen LogP contribution in [0.3, 0.4) is 0 Å². The number of rotatable bonds is 6. The summed E-state index contributed by atoms with van der Waals surface area (Å²) in [5.74, 6) is 1.89. The Hall–Kier alpha value is -3.50. The number of nitrogens with zero attached hydrogens (tertiary/aromatic N) is 3. The highest BCUT2D eigenvalue weighted by Crippen LogP contribution is 2.30. The molecule has 1 fully saturated rings. The third-order valence-electron chi connectivity index (χ3n) is 6.41. The van der Waals surface area contributed by atoms with Crippen molar-refractivity contribution < 1.29 is 14.3 Å². The molecule has 2 N–H and O–H groups in total. The van der Waals surface area contributed by atoms with Crippen molar-refractivity contribution in [3.05, 3.63) is 70.8 Å². The number of hydrogen-bond acceptors (Lipinski definition) is 5. The van der Waals surface area contributed by atoms with Crippen LogP contribution in [0.15, 0.2) is 47.1 Å². The van der Waals surface area contributed by atoms with Crippen LogP contribution in [-0.4, -0.2) is 40.1 Å². The van der Waals surface area contributed by atoms with Crippen molar-refractivity contribution >= 4 is 11.7 Å². The fraction of sp³-hybridized carbons (Fsp3) is 0.360. The van der Waals surface area contributed by atoms with Crippen LogP contribution in [0.25, 0.3) is 0 Å². The second-order valence-corrected chi connectivity index (χ2v) is 8.40. The maximum absolute atomic E-state index is 12.9. The summed E-state index contributed by atoms with van der Waals surface area (Å²) >= 11 is 0. The Bertz CT molecular complexity index is 1120. The van der Waals surface area contributed by atoms with Gasteiger partial charge >= 0.3 is 0 Å². The lowest BCUT2D eigenvalue weighted by atomic mass is 9.89. The van der Waals surface area contributed by atoms with Gasteiger partial charge in [0.25, 0.3) is 0 Å². The number of aromatic nitrogens is 1. The van der Waals surface area contributed by atoms with Gasteiger partial charge in [-0.1, -0.05) is 12.1 Å². The van der Waals surface area contributed by atoms with Gasteiger partial charge < -0.3 is 19.4 Å². The summed E-state index contributed by atoms with van der Waals surface area (Å²) in [7, 11) is 0. The molecule has 3 aromatic rings. The van der Waals surface area contributed by atoms with Crippen LogP contribution >= 0.6 is 0 Å². The van der Waals surface area contributed by atoms with Crippen LogP contribution in [0, 0.1) is 25.2 Å². The standard InChI is InChI=1S/C25H28N4O3/c1-17-18(2)29(15-22-4-3-13-32-22)25(23(17)14-26)27-24(31)16-28-11-9-20(10-12-28)19-5-7-21(30)8-6-19/h3-8,13,20,30H,9-12,15-16H2,1-2H3,(H,27,31). The molecule has 7 heteroatoms. The minimum atomic E-state index is -0.122. The molecule has 0 radical (unpaired) electrons. The molecule has 0 atom stereocenters. The van der Waals surface area contributed by atoms with Crippen molar-refractivity contribution in [3.8, 4) is 11.8 Å². The monoisotopic (exact) mass is 432 g/mol. The predicted molar refractivity (Wildman–Crippen MR) is 122 cm³/mol. The number of aromatic hydroxyl groups is 1. The Kier molecular flexibility index (Phi) is 6.33. The second-order valence-electron chi connectivity index (χ2n) is 8.40. The highest BCUT2D eigenvalue weighted by molar-refractivity contribution is 5.93. The van der Waals surface area contributed by atoms with Crippen molar-refractivity contribution in [1.29, 1.82) is 5.26 Å². The van der Waals surface area contributed by atoms with Gasteiger partial charge in [0.2, 0.25) is 5.91 Å². The van der Waals surface area contributed by atoms with E-state index in [0.717, 1.165) is 42.9 Å². The first-order valence-corrected chi connectivity index (χ1v) is 10.9. The van der Waals surface area contributed by atoms with E-state index in [-0.39, 0.29) is 18.2 Å². The number of amides is 1. The smallest absolute Gasteiger partial charge is 0.239 e. The Morgan fingerprint density at radius 3 is 2.56 bits per heavy atom. The first-order chi connectivity index (χ1) is 15.5. The Morgan fingerprint density at radius 2 is 1.94 bits per heavy atom.